The van der Waals surface area contributed by atoms with E-state index in [1.54, 1.807) is 60.7 Å². The maximum Gasteiger partial charge on any atom is 0.260 e. The molecule has 34 heavy (non-hydrogen) atoms. The summed E-state index contributed by atoms with van der Waals surface area (Å²) in [7, 11) is -2.17. The third-order valence-corrected chi connectivity index (χ3v) is 6.04. The SMILES string of the molecule is COc1ccc(N(CC(=O)N/N=C\c2ccc(OCc3ccc(Cl)cc3)cc2)S(C)(=O)=O)cc1. The van der Waals surface area contributed by atoms with Crippen molar-refractivity contribution in [3.63, 3.8) is 0 Å². The van der Waals surface area contributed by atoms with Crippen LogP contribution in [-0.4, -0.2) is 40.4 Å². The highest BCUT2D eigenvalue weighted by molar-refractivity contribution is 7.92. The molecule has 3 aromatic rings. The number of benzene rings is 3. The molecule has 178 valence electrons. The largest absolute Gasteiger partial charge is 0.497 e. The van der Waals surface area contributed by atoms with E-state index in [0.29, 0.717) is 28.8 Å². The van der Waals surface area contributed by atoms with Crippen LogP contribution in [-0.2, 0) is 21.4 Å². The molecule has 0 unspecified atom stereocenters. The van der Waals surface area contributed by atoms with Crippen LogP contribution in [0.15, 0.2) is 77.9 Å². The average Bonchev–Trinajstić information content (AvgIpc) is 2.82. The predicted molar refractivity (Wildman–Crippen MR) is 133 cm³/mol. The quantitative estimate of drug-likeness (QED) is 0.336. The van der Waals surface area contributed by atoms with Gasteiger partial charge in [0.1, 0.15) is 24.7 Å². The minimum atomic E-state index is -3.68. The molecule has 0 heterocycles. The fraction of sp³-hybridized carbons (Fsp3) is 0.167. The highest BCUT2D eigenvalue weighted by Crippen LogP contribution is 2.21. The molecule has 0 aliphatic rings. The first kappa shape index (κ1) is 25.1. The molecule has 0 aliphatic carbocycles. The summed E-state index contributed by atoms with van der Waals surface area (Å²) < 4.78 is 36.1. The lowest BCUT2D eigenvalue weighted by molar-refractivity contribution is -0.119. The number of carbonyl (C=O) groups excluding carboxylic acids is 1. The van der Waals surface area contributed by atoms with Gasteiger partial charge in [-0.15, -0.1) is 0 Å². The number of ether oxygens (including phenoxy) is 2. The monoisotopic (exact) mass is 501 g/mol. The fourth-order valence-corrected chi connectivity index (χ4v) is 3.87. The second-order valence-electron chi connectivity index (χ2n) is 7.25. The lowest BCUT2D eigenvalue weighted by atomic mass is 10.2. The van der Waals surface area contributed by atoms with Crippen molar-refractivity contribution in [1.29, 1.82) is 0 Å². The number of nitrogens with zero attached hydrogens (tertiary/aromatic N) is 2. The van der Waals surface area contributed by atoms with Crippen LogP contribution in [0.2, 0.25) is 5.02 Å². The molecule has 0 atom stereocenters. The standard InChI is InChI=1S/C24H24ClN3O5S/c1-32-22-13-9-21(10-14-22)28(34(2,30)31)16-24(29)27-26-15-18-5-11-23(12-6-18)33-17-19-3-7-20(25)8-4-19/h3-15H,16-17H2,1-2H3,(H,27,29)/b26-15-. The molecule has 3 rings (SSSR count). The maximum atomic E-state index is 12.3. The van der Waals surface area contributed by atoms with Crippen molar-refractivity contribution in [2.45, 2.75) is 6.61 Å². The second-order valence-corrected chi connectivity index (χ2v) is 9.59. The van der Waals surface area contributed by atoms with Crippen molar-refractivity contribution >= 4 is 39.4 Å². The number of carbonyl (C=O) groups is 1. The number of amides is 1. The third-order valence-electron chi connectivity index (χ3n) is 4.65. The van der Waals surface area contributed by atoms with Crippen molar-refractivity contribution in [3.05, 3.63) is 88.9 Å². The molecular formula is C24H24ClN3O5S. The van der Waals surface area contributed by atoms with Gasteiger partial charge < -0.3 is 9.47 Å². The zero-order valence-electron chi connectivity index (χ0n) is 18.6. The van der Waals surface area contributed by atoms with Crippen LogP contribution in [0.3, 0.4) is 0 Å². The molecule has 10 heteroatoms. The summed E-state index contributed by atoms with van der Waals surface area (Å²) in [5, 5.41) is 4.58. The molecule has 1 N–H and O–H groups in total. The maximum absolute atomic E-state index is 12.3. The van der Waals surface area contributed by atoms with Gasteiger partial charge in [-0.1, -0.05) is 23.7 Å². The van der Waals surface area contributed by atoms with E-state index < -0.39 is 22.5 Å². The van der Waals surface area contributed by atoms with Crippen LogP contribution in [0.5, 0.6) is 11.5 Å². The Morgan fingerprint density at radius 2 is 1.62 bits per heavy atom. The van der Waals surface area contributed by atoms with Crippen molar-refractivity contribution < 1.29 is 22.7 Å². The van der Waals surface area contributed by atoms with Crippen molar-refractivity contribution in [1.82, 2.24) is 5.43 Å². The number of methoxy groups -OCH3 is 1. The lowest BCUT2D eigenvalue weighted by Crippen LogP contribution is -2.39. The lowest BCUT2D eigenvalue weighted by Gasteiger charge is -2.21. The number of hydrogen-bond donors (Lipinski definition) is 1. The molecule has 1 amide bonds. The van der Waals surface area contributed by atoms with Gasteiger partial charge in [-0.3, -0.25) is 9.10 Å². The van der Waals surface area contributed by atoms with Gasteiger partial charge in [-0.2, -0.15) is 5.10 Å². The number of nitrogens with one attached hydrogen (secondary N) is 1. The van der Waals surface area contributed by atoms with Crippen LogP contribution in [0.4, 0.5) is 5.69 Å². The van der Waals surface area contributed by atoms with Crippen molar-refractivity contribution in [2.75, 3.05) is 24.2 Å². The summed E-state index contributed by atoms with van der Waals surface area (Å²) in [6.45, 7) is -0.00826. The van der Waals surface area contributed by atoms with Gasteiger partial charge in [-0.25, -0.2) is 13.8 Å². The van der Waals surface area contributed by atoms with Crippen LogP contribution in [0, 0.1) is 0 Å². The molecule has 0 aliphatic heterocycles. The van der Waals surface area contributed by atoms with Crippen molar-refractivity contribution in [3.8, 4) is 11.5 Å². The number of hydrogen-bond acceptors (Lipinski definition) is 6. The van der Waals surface area contributed by atoms with Crippen molar-refractivity contribution in [2.24, 2.45) is 5.10 Å². The Hall–Kier alpha value is -3.56. The molecule has 3 aromatic carbocycles. The Morgan fingerprint density at radius 3 is 2.21 bits per heavy atom. The van der Waals surface area contributed by atoms with E-state index in [4.69, 9.17) is 21.1 Å². The highest BCUT2D eigenvalue weighted by Gasteiger charge is 2.20. The van der Waals surface area contributed by atoms with E-state index in [2.05, 4.69) is 10.5 Å². The molecule has 0 bridgehead atoms. The summed E-state index contributed by atoms with van der Waals surface area (Å²) in [6, 6.07) is 20.9. The zero-order chi connectivity index (χ0) is 24.6. The van der Waals surface area contributed by atoms with E-state index in [0.717, 1.165) is 21.7 Å². The van der Waals surface area contributed by atoms with E-state index in [9.17, 15) is 13.2 Å². The molecule has 0 saturated heterocycles. The van der Waals surface area contributed by atoms with Gasteiger partial charge in [0.2, 0.25) is 10.0 Å². The minimum Gasteiger partial charge on any atom is -0.497 e. The van der Waals surface area contributed by atoms with E-state index >= 15 is 0 Å². The third kappa shape index (κ3) is 7.50. The molecule has 0 aromatic heterocycles. The van der Waals surface area contributed by atoms with Gasteiger partial charge in [0.15, 0.2) is 0 Å². The molecular weight excluding hydrogens is 478 g/mol. The molecule has 0 spiro atoms. The Kier molecular flexibility index (Phi) is 8.50. The Bertz CT molecular complexity index is 1230. The number of rotatable bonds is 10. The normalized spacial score (nSPS) is 11.3. The van der Waals surface area contributed by atoms with Crippen LogP contribution in [0.25, 0.3) is 0 Å². The van der Waals surface area contributed by atoms with Gasteiger partial charge in [0.25, 0.3) is 5.91 Å². The van der Waals surface area contributed by atoms with Gasteiger partial charge in [0, 0.05) is 5.02 Å². The molecule has 8 nitrogen and oxygen atoms in total. The summed E-state index contributed by atoms with van der Waals surface area (Å²) in [6.07, 6.45) is 2.49. The van der Waals surface area contributed by atoms with Crippen LogP contribution in [0.1, 0.15) is 11.1 Å². The van der Waals surface area contributed by atoms with Crippen LogP contribution < -0.4 is 19.2 Å². The summed E-state index contributed by atoms with van der Waals surface area (Å²) in [5.41, 5.74) is 4.42. The van der Waals surface area contributed by atoms with E-state index in [1.807, 2.05) is 12.1 Å². The Balaban J connectivity index is 1.54. The molecule has 0 fully saturated rings. The first-order valence-corrected chi connectivity index (χ1v) is 12.4. The van der Waals surface area contributed by atoms with Gasteiger partial charge in [0.05, 0.1) is 25.3 Å². The summed E-state index contributed by atoms with van der Waals surface area (Å²) in [4.78, 5) is 12.3. The summed E-state index contributed by atoms with van der Waals surface area (Å²) in [5.74, 6) is 0.674. The van der Waals surface area contributed by atoms with E-state index in [1.165, 1.54) is 13.3 Å². The number of anilines is 1. The number of sulfonamides is 1. The van der Waals surface area contributed by atoms with Gasteiger partial charge >= 0.3 is 0 Å². The molecule has 0 radical (unpaired) electrons. The highest BCUT2D eigenvalue weighted by atomic mass is 35.5. The Morgan fingerprint density at radius 1 is 1.00 bits per heavy atom. The van der Waals surface area contributed by atoms with Gasteiger partial charge in [-0.05, 0) is 71.8 Å². The topological polar surface area (TPSA) is 97.3 Å². The second kappa shape index (κ2) is 11.5. The molecule has 0 saturated carbocycles. The van der Waals surface area contributed by atoms with E-state index in [-0.39, 0.29) is 0 Å². The van der Waals surface area contributed by atoms with Crippen LogP contribution >= 0.6 is 11.6 Å². The summed E-state index contributed by atoms with van der Waals surface area (Å²) >= 11 is 5.88. The number of hydrazone groups is 1. The zero-order valence-corrected chi connectivity index (χ0v) is 20.2. The fourth-order valence-electron chi connectivity index (χ4n) is 2.89. The Labute approximate surface area is 203 Å². The predicted octanol–water partition coefficient (Wildman–Crippen LogP) is 3.84. The minimum absolute atomic E-state index is 0.344. The smallest absolute Gasteiger partial charge is 0.260 e. The number of halogens is 1. The first-order chi connectivity index (χ1) is 16.2. The first-order valence-electron chi connectivity index (χ1n) is 10.2. The average molecular weight is 502 g/mol.